The molecule has 0 radical (unpaired) electrons. The number of hydrogen-bond acceptors (Lipinski definition) is 4. The third-order valence-corrected chi connectivity index (χ3v) is 4.61. The molecule has 3 amide bonds. The Bertz CT molecular complexity index is 946. The van der Waals surface area contributed by atoms with Gasteiger partial charge in [-0.3, -0.25) is 14.4 Å². The Morgan fingerprint density at radius 1 is 1.19 bits per heavy atom. The molecule has 2 rings (SSSR count). The molecular formula is C20H21ClF3N3O4. The highest BCUT2D eigenvalue weighted by atomic mass is 35.5. The van der Waals surface area contributed by atoms with Crippen molar-refractivity contribution in [3.05, 3.63) is 52.9 Å². The minimum Gasteiger partial charge on any atom is -0.459 e. The largest absolute Gasteiger partial charge is 0.459 e. The highest BCUT2D eigenvalue weighted by Crippen LogP contribution is 2.36. The van der Waals surface area contributed by atoms with Gasteiger partial charge in [-0.15, -0.1) is 0 Å². The Morgan fingerprint density at radius 3 is 2.42 bits per heavy atom. The summed E-state index contributed by atoms with van der Waals surface area (Å²) in [5, 5.41) is 4.37. The average molecular weight is 460 g/mol. The maximum Gasteiger partial charge on any atom is 0.417 e. The van der Waals surface area contributed by atoms with Crippen LogP contribution in [0.2, 0.25) is 5.02 Å². The van der Waals surface area contributed by atoms with Crippen molar-refractivity contribution in [1.29, 1.82) is 0 Å². The van der Waals surface area contributed by atoms with E-state index in [1.54, 1.807) is 13.8 Å². The van der Waals surface area contributed by atoms with E-state index < -0.39 is 47.1 Å². The maximum absolute atomic E-state index is 13.0. The smallest absolute Gasteiger partial charge is 0.417 e. The second-order valence-corrected chi connectivity index (χ2v) is 7.51. The summed E-state index contributed by atoms with van der Waals surface area (Å²) in [7, 11) is 1.35. The van der Waals surface area contributed by atoms with Crippen LogP contribution in [0.5, 0.6) is 0 Å². The van der Waals surface area contributed by atoms with Gasteiger partial charge in [-0.05, 0) is 36.2 Å². The van der Waals surface area contributed by atoms with Crippen molar-refractivity contribution in [3.8, 4) is 0 Å². The Labute approximate surface area is 181 Å². The molecule has 0 aliphatic carbocycles. The summed E-state index contributed by atoms with van der Waals surface area (Å²) in [6.07, 6.45) is -3.36. The summed E-state index contributed by atoms with van der Waals surface area (Å²) in [5.41, 5.74) is -1.20. The van der Waals surface area contributed by atoms with Crippen LogP contribution in [0.4, 0.5) is 18.9 Å². The van der Waals surface area contributed by atoms with Crippen LogP contribution in [-0.2, 0) is 15.8 Å². The van der Waals surface area contributed by atoms with E-state index in [4.69, 9.17) is 16.0 Å². The molecule has 0 aliphatic rings. The van der Waals surface area contributed by atoms with Gasteiger partial charge in [0.05, 0.1) is 23.4 Å². The van der Waals surface area contributed by atoms with Crippen LogP contribution in [-0.4, -0.2) is 42.3 Å². The highest BCUT2D eigenvalue weighted by Gasteiger charge is 2.33. The fourth-order valence-corrected chi connectivity index (χ4v) is 2.91. The molecule has 0 saturated carbocycles. The van der Waals surface area contributed by atoms with Crippen LogP contribution in [0, 0.1) is 5.92 Å². The second-order valence-electron chi connectivity index (χ2n) is 7.11. The monoisotopic (exact) mass is 459 g/mol. The third kappa shape index (κ3) is 6.48. The van der Waals surface area contributed by atoms with Crippen LogP contribution in [0.25, 0.3) is 0 Å². The van der Waals surface area contributed by atoms with Crippen molar-refractivity contribution in [1.82, 2.24) is 10.2 Å². The first kappa shape index (κ1) is 24.3. The van der Waals surface area contributed by atoms with Crippen molar-refractivity contribution in [2.75, 3.05) is 18.9 Å². The lowest BCUT2D eigenvalue weighted by Gasteiger charge is -2.26. The first-order valence-corrected chi connectivity index (χ1v) is 9.54. The predicted octanol–water partition coefficient (Wildman–Crippen LogP) is 3.80. The van der Waals surface area contributed by atoms with Gasteiger partial charge in [-0.2, -0.15) is 13.2 Å². The van der Waals surface area contributed by atoms with Crippen molar-refractivity contribution in [3.63, 3.8) is 0 Å². The predicted molar refractivity (Wildman–Crippen MR) is 108 cm³/mol. The van der Waals surface area contributed by atoms with Crippen LogP contribution in [0.15, 0.2) is 41.0 Å². The lowest BCUT2D eigenvalue weighted by atomic mass is 10.0. The minimum absolute atomic E-state index is 0.0297. The van der Waals surface area contributed by atoms with Gasteiger partial charge in [0, 0.05) is 12.7 Å². The molecule has 11 heteroatoms. The number of rotatable bonds is 7. The molecular weight excluding hydrogens is 439 g/mol. The quantitative estimate of drug-likeness (QED) is 0.658. The molecule has 1 aromatic heterocycles. The van der Waals surface area contributed by atoms with Gasteiger partial charge in [0.1, 0.15) is 6.04 Å². The van der Waals surface area contributed by atoms with Gasteiger partial charge in [-0.1, -0.05) is 25.4 Å². The van der Waals surface area contributed by atoms with E-state index in [9.17, 15) is 27.6 Å². The molecule has 7 nitrogen and oxygen atoms in total. The number of furan rings is 1. The van der Waals surface area contributed by atoms with E-state index >= 15 is 0 Å². The van der Waals surface area contributed by atoms with Crippen LogP contribution in [0.3, 0.4) is 0 Å². The zero-order valence-corrected chi connectivity index (χ0v) is 17.7. The number of benzene rings is 1. The number of nitrogens with zero attached hydrogens (tertiary/aromatic N) is 1. The molecule has 0 bridgehead atoms. The van der Waals surface area contributed by atoms with E-state index in [0.29, 0.717) is 6.07 Å². The van der Waals surface area contributed by atoms with Crippen LogP contribution < -0.4 is 10.6 Å². The zero-order valence-electron chi connectivity index (χ0n) is 16.9. The molecule has 0 saturated heterocycles. The van der Waals surface area contributed by atoms with Gasteiger partial charge < -0.3 is 20.0 Å². The molecule has 31 heavy (non-hydrogen) atoms. The van der Waals surface area contributed by atoms with Gasteiger partial charge >= 0.3 is 6.18 Å². The normalized spacial score (nSPS) is 12.4. The molecule has 168 valence electrons. The van der Waals surface area contributed by atoms with E-state index in [0.717, 1.165) is 11.0 Å². The molecule has 2 N–H and O–H groups in total. The number of nitrogens with one attached hydrogen (secondary N) is 2. The Kier molecular flexibility index (Phi) is 7.72. The minimum atomic E-state index is -4.68. The Balaban J connectivity index is 2.03. The number of alkyl halides is 3. The van der Waals surface area contributed by atoms with Gasteiger partial charge in [0.25, 0.3) is 5.91 Å². The molecule has 0 aliphatic heterocycles. The summed E-state index contributed by atoms with van der Waals surface area (Å²) in [6, 6.07) is 4.98. The summed E-state index contributed by atoms with van der Waals surface area (Å²) >= 11 is 5.56. The summed E-state index contributed by atoms with van der Waals surface area (Å²) in [4.78, 5) is 38.3. The Hall–Kier alpha value is -3.01. The van der Waals surface area contributed by atoms with Crippen LogP contribution >= 0.6 is 11.6 Å². The first-order chi connectivity index (χ1) is 14.4. The summed E-state index contributed by atoms with van der Waals surface area (Å²) in [6.45, 7) is 2.99. The Morgan fingerprint density at radius 2 is 1.87 bits per heavy atom. The lowest BCUT2D eigenvalue weighted by Crippen LogP contribution is -2.51. The number of carbonyl (C=O) groups excluding carboxylic acids is 3. The van der Waals surface area contributed by atoms with Crippen molar-refractivity contribution in [2.24, 2.45) is 5.92 Å². The number of anilines is 1. The molecule has 0 spiro atoms. The molecule has 1 aromatic carbocycles. The number of hydrogen-bond donors (Lipinski definition) is 2. The number of amides is 3. The lowest BCUT2D eigenvalue weighted by molar-refractivity contribution is -0.137. The summed E-state index contributed by atoms with van der Waals surface area (Å²) < 4.78 is 43.9. The van der Waals surface area contributed by atoms with E-state index in [2.05, 4.69) is 10.6 Å². The number of halogens is 4. The van der Waals surface area contributed by atoms with Gasteiger partial charge in [0.15, 0.2) is 5.76 Å². The van der Waals surface area contributed by atoms with Crippen molar-refractivity contribution < 1.29 is 32.0 Å². The zero-order chi connectivity index (χ0) is 23.3. The van der Waals surface area contributed by atoms with Crippen LogP contribution in [0.1, 0.15) is 30.0 Å². The first-order valence-electron chi connectivity index (χ1n) is 9.16. The fraction of sp³-hybridized carbons (Fsp3) is 0.350. The molecule has 0 fully saturated rings. The maximum atomic E-state index is 13.0. The molecule has 1 heterocycles. The van der Waals surface area contributed by atoms with Crippen molar-refractivity contribution >= 4 is 35.0 Å². The van der Waals surface area contributed by atoms with Gasteiger partial charge in [0.2, 0.25) is 11.8 Å². The summed E-state index contributed by atoms with van der Waals surface area (Å²) in [5.74, 6) is -2.12. The van der Waals surface area contributed by atoms with E-state index in [1.165, 1.54) is 31.5 Å². The highest BCUT2D eigenvalue weighted by molar-refractivity contribution is 6.31. The van der Waals surface area contributed by atoms with Crippen molar-refractivity contribution in [2.45, 2.75) is 26.1 Å². The fourth-order valence-electron chi connectivity index (χ4n) is 2.69. The van der Waals surface area contributed by atoms with Gasteiger partial charge in [-0.25, -0.2) is 0 Å². The molecule has 2 aromatic rings. The second kappa shape index (κ2) is 9.86. The molecule has 1 atom stereocenters. The topological polar surface area (TPSA) is 91.7 Å². The van der Waals surface area contributed by atoms with E-state index in [1.807, 2.05) is 0 Å². The van der Waals surface area contributed by atoms with E-state index in [-0.39, 0.29) is 17.4 Å². The number of carbonyl (C=O) groups is 3. The SMILES string of the molecule is CC(C)C(NC(=O)c1ccco1)C(=O)N(C)CC(=O)Nc1ccc(Cl)c(C(F)(F)F)c1. The molecule has 1 unspecified atom stereocenters. The third-order valence-electron chi connectivity index (χ3n) is 4.28. The standard InChI is InChI=1S/C20H21ClF3N3O4/c1-11(2)17(26-18(29)15-5-4-8-31-15)19(30)27(3)10-16(28)25-12-6-7-14(21)13(9-12)20(22,23)24/h4-9,11,17H,10H2,1-3H3,(H,25,28)(H,26,29). The average Bonchev–Trinajstić information content (AvgIpc) is 3.20. The number of likely N-dealkylation sites (N-methyl/N-ethyl adjacent to an activating group) is 1.